The number of halogens is 2. The van der Waals surface area contributed by atoms with Gasteiger partial charge in [0.25, 0.3) is 5.91 Å². The van der Waals surface area contributed by atoms with Crippen LogP contribution in [-0.2, 0) is 0 Å². The van der Waals surface area contributed by atoms with Crippen LogP contribution in [0.5, 0.6) is 0 Å². The summed E-state index contributed by atoms with van der Waals surface area (Å²) in [6.07, 6.45) is 3.90. The van der Waals surface area contributed by atoms with E-state index >= 15 is 0 Å². The van der Waals surface area contributed by atoms with Gasteiger partial charge < -0.3 is 5.32 Å². The minimum atomic E-state index is -0.802. The maximum absolute atomic E-state index is 13.7. The lowest BCUT2D eigenvalue weighted by Crippen LogP contribution is -2.33. The van der Waals surface area contributed by atoms with Crippen molar-refractivity contribution in [3.8, 4) is 0 Å². The van der Waals surface area contributed by atoms with Gasteiger partial charge in [0.1, 0.15) is 17.2 Å². The quantitative estimate of drug-likeness (QED) is 0.844. The molecule has 1 saturated carbocycles. The van der Waals surface area contributed by atoms with E-state index in [9.17, 15) is 13.6 Å². The number of aryl methyl sites for hydroxylation is 1. The molecule has 1 amide bonds. The third-order valence-corrected chi connectivity index (χ3v) is 3.20. The first-order valence-corrected chi connectivity index (χ1v) is 5.85. The van der Waals surface area contributed by atoms with Gasteiger partial charge in [-0.05, 0) is 31.4 Å². The molecule has 1 N–H and O–H groups in total. The van der Waals surface area contributed by atoms with Crippen LogP contribution in [0, 0.1) is 18.6 Å². The van der Waals surface area contributed by atoms with E-state index in [0.29, 0.717) is 0 Å². The Hall–Kier alpha value is -1.45. The molecule has 0 aliphatic heterocycles. The molecule has 0 atom stereocenters. The van der Waals surface area contributed by atoms with Gasteiger partial charge in [-0.2, -0.15) is 0 Å². The number of carbonyl (C=O) groups excluding carboxylic acids is 1. The van der Waals surface area contributed by atoms with E-state index in [1.54, 1.807) is 0 Å². The topological polar surface area (TPSA) is 29.1 Å². The molecule has 2 rings (SSSR count). The van der Waals surface area contributed by atoms with Crippen molar-refractivity contribution in [3.63, 3.8) is 0 Å². The first-order chi connectivity index (χ1) is 8.09. The molecule has 92 valence electrons. The molecule has 1 aromatic rings. The Balaban J connectivity index is 2.21. The zero-order chi connectivity index (χ0) is 12.4. The molecule has 1 fully saturated rings. The SMILES string of the molecule is Cc1ccc(F)c(C(=O)NC2CCCC2)c1F. The molecule has 0 saturated heterocycles. The predicted octanol–water partition coefficient (Wildman–Crippen LogP) is 2.95. The predicted molar refractivity (Wildman–Crippen MR) is 60.8 cm³/mol. The molecule has 1 aliphatic carbocycles. The molecule has 0 aromatic heterocycles. The summed E-state index contributed by atoms with van der Waals surface area (Å²) < 4.78 is 27.1. The molecule has 0 spiro atoms. The zero-order valence-electron chi connectivity index (χ0n) is 9.72. The summed E-state index contributed by atoms with van der Waals surface area (Å²) in [5.41, 5.74) is -0.181. The van der Waals surface area contributed by atoms with E-state index in [1.165, 1.54) is 13.0 Å². The second-order valence-corrected chi connectivity index (χ2v) is 4.51. The maximum Gasteiger partial charge on any atom is 0.257 e. The van der Waals surface area contributed by atoms with E-state index in [4.69, 9.17) is 0 Å². The third-order valence-electron chi connectivity index (χ3n) is 3.20. The normalized spacial score (nSPS) is 16.2. The van der Waals surface area contributed by atoms with Gasteiger partial charge in [0.05, 0.1) is 0 Å². The van der Waals surface area contributed by atoms with Crippen LogP contribution in [0.25, 0.3) is 0 Å². The Morgan fingerprint density at radius 2 is 1.94 bits per heavy atom. The van der Waals surface area contributed by atoms with Crippen LogP contribution in [0.3, 0.4) is 0 Å². The lowest BCUT2D eigenvalue weighted by Gasteiger charge is -2.13. The molecule has 2 nitrogen and oxygen atoms in total. The number of nitrogens with one attached hydrogen (secondary N) is 1. The second-order valence-electron chi connectivity index (χ2n) is 4.51. The fourth-order valence-electron chi connectivity index (χ4n) is 2.19. The van der Waals surface area contributed by atoms with E-state index < -0.39 is 23.1 Å². The van der Waals surface area contributed by atoms with E-state index in [0.717, 1.165) is 31.7 Å². The first-order valence-electron chi connectivity index (χ1n) is 5.85. The van der Waals surface area contributed by atoms with Crippen LogP contribution in [-0.4, -0.2) is 11.9 Å². The Morgan fingerprint density at radius 1 is 1.29 bits per heavy atom. The summed E-state index contributed by atoms with van der Waals surface area (Å²) in [4.78, 5) is 11.8. The van der Waals surface area contributed by atoms with Crippen LogP contribution < -0.4 is 5.32 Å². The van der Waals surface area contributed by atoms with Crippen LogP contribution in [0.2, 0.25) is 0 Å². The summed E-state index contributed by atoms with van der Waals surface area (Å²) >= 11 is 0. The number of hydrogen-bond donors (Lipinski definition) is 1. The highest BCUT2D eigenvalue weighted by molar-refractivity contribution is 5.95. The maximum atomic E-state index is 13.7. The summed E-state index contributed by atoms with van der Waals surface area (Å²) in [6, 6.07) is 2.51. The van der Waals surface area contributed by atoms with E-state index in [-0.39, 0.29) is 11.6 Å². The Labute approximate surface area is 99.0 Å². The van der Waals surface area contributed by atoms with Crippen molar-refractivity contribution < 1.29 is 13.6 Å². The first kappa shape index (κ1) is 12.0. The van der Waals surface area contributed by atoms with E-state index in [2.05, 4.69) is 5.32 Å². The summed E-state index contributed by atoms with van der Waals surface area (Å²) in [7, 11) is 0. The fourth-order valence-corrected chi connectivity index (χ4v) is 2.19. The molecule has 0 unspecified atom stereocenters. The van der Waals surface area contributed by atoms with Crippen molar-refractivity contribution in [1.82, 2.24) is 5.32 Å². The van der Waals surface area contributed by atoms with Crippen molar-refractivity contribution in [2.24, 2.45) is 0 Å². The summed E-state index contributed by atoms with van der Waals surface area (Å²) in [5, 5.41) is 2.69. The molecule has 17 heavy (non-hydrogen) atoms. The number of rotatable bonds is 2. The van der Waals surface area contributed by atoms with E-state index in [1.807, 2.05) is 0 Å². The smallest absolute Gasteiger partial charge is 0.257 e. The second kappa shape index (κ2) is 4.82. The Morgan fingerprint density at radius 3 is 2.59 bits per heavy atom. The molecule has 1 aliphatic rings. The zero-order valence-corrected chi connectivity index (χ0v) is 9.72. The highest BCUT2D eigenvalue weighted by atomic mass is 19.1. The minimum Gasteiger partial charge on any atom is -0.349 e. The fraction of sp³-hybridized carbons (Fsp3) is 0.462. The molecule has 0 radical (unpaired) electrons. The van der Waals surface area contributed by atoms with Crippen molar-refractivity contribution in [3.05, 3.63) is 34.9 Å². The van der Waals surface area contributed by atoms with Gasteiger partial charge in [0.15, 0.2) is 0 Å². The van der Waals surface area contributed by atoms with Gasteiger partial charge in [-0.15, -0.1) is 0 Å². The highest BCUT2D eigenvalue weighted by Crippen LogP contribution is 2.20. The lowest BCUT2D eigenvalue weighted by molar-refractivity contribution is 0.0929. The molecule has 1 aromatic carbocycles. The van der Waals surface area contributed by atoms with Crippen LogP contribution in [0.15, 0.2) is 12.1 Å². The van der Waals surface area contributed by atoms with Crippen LogP contribution in [0.1, 0.15) is 41.6 Å². The summed E-state index contributed by atoms with van der Waals surface area (Å²) in [5.74, 6) is -2.21. The number of amides is 1. The Bertz CT molecular complexity index is 439. The molecule has 0 bridgehead atoms. The van der Waals surface area contributed by atoms with Gasteiger partial charge in [-0.3, -0.25) is 4.79 Å². The van der Waals surface area contributed by atoms with Crippen LogP contribution in [0.4, 0.5) is 8.78 Å². The number of benzene rings is 1. The Kier molecular flexibility index (Phi) is 3.41. The largest absolute Gasteiger partial charge is 0.349 e. The van der Waals surface area contributed by atoms with Gasteiger partial charge in [-0.25, -0.2) is 8.78 Å². The summed E-state index contributed by atoms with van der Waals surface area (Å²) in [6.45, 7) is 1.52. The van der Waals surface area contributed by atoms with Gasteiger partial charge >= 0.3 is 0 Å². The van der Waals surface area contributed by atoms with Crippen molar-refractivity contribution >= 4 is 5.91 Å². The molecular weight excluding hydrogens is 224 g/mol. The average Bonchev–Trinajstić information content (AvgIpc) is 2.77. The van der Waals surface area contributed by atoms with Crippen molar-refractivity contribution in [2.45, 2.75) is 38.6 Å². The molecule has 0 heterocycles. The standard InChI is InChI=1S/C13H15F2NO/c1-8-6-7-10(14)11(12(8)15)13(17)16-9-4-2-3-5-9/h6-7,9H,2-5H2,1H3,(H,16,17). The third kappa shape index (κ3) is 2.46. The molecular formula is C13H15F2NO. The van der Waals surface area contributed by atoms with Gasteiger partial charge in [0, 0.05) is 6.04 Å². The van der Waals surface area contributed by atoms with Gasteiger partial charge in [0.2, 0.25) is 0 Å². The molecule has 4 heteroatoms. The minimum absolute atomic E-state index is 0.0572. The van der Waals surface area contributed by atoms with Crippen molar-refractivity contribution in [2.75, 3.05) is 0 Å². The van der Waals surface area contributed by atoms with Crippen molar-refractivity contribution in [1.29, 1.82) is 0 Å². The van der Waals surface area contributed by atoms with Gasteiger partial charge in [-0.1, -0.05) is 18.9 Å². The van der Waals surface area contributed by atoms with Crippen LogP contribution >= 0.6 is 0 Å². The average molecular weight is 239 g/mol. The lowest BCUT2D eigenvalue weighted by atomic mass is 10.1. The number of carbonyl (C=O) groups is 1. The monoisotopic (exact) mass is 239 g/mol. The number of hydrogen-bond acceptors (Lipinski definition) is 1. The highest BCUT2D eigenvalue weighted by Gasteiger charge is 2.23.